The van der Waals surface area contributed by atoms with Gasteiger partial charge in [0.2, 0.25) is 0 Å². The fourth-order valence-electron chi connectivity index (χ4n) is 3.80. The van der Waals surface area contributed by atoms with Crippen LogP contribution in [0.25, 0.3) is 0 Å². The third-order valence-electron chi connectivity index (χ3n) is 6.39. The van der Waals surface area contributed by atoms with E-state index in [9.17, 15) is 0 Å². The van der Waals surface area contributed by atoms with Crippen molar-refractivity contribution in [1.82, 2.24) is 9.55 Å². The number of hydrogen-bond donors (Lipinski definition) is 0. The van der Waals surface area contributed by atoms with Gasteiger partial charge in [-0.25, -0.2) is 4.98 Å². The van der Waals surface area contributed by atoms with Gasteiger partial charge in [-0.1, -0.05) is 58.9 Å². The van der Waals surface area contributed by atoms with Crippen LogP contribution in [-0.2, 0) is 27.9 Å². The van der Waals surface area contributed by atoms with E-state index in [1.54, 1.807) is 0 Å². The summed E-state index contributed by atoms with van der Waals surface area (Å²) in [5.41, 5.74) is 2.93. The zero-order valence-corrected chi connectivity index (χ0v) is 18.2. The zero-order chi connectivity index (χ0) is 20.3. The van der Waals surface area contributed by atoms with Crippen LogP contribution in [0.1, 0.15) is 65.0 Å². The molecule has 0 bridgehead atoms. The first-order valence-electron chi connectivity index (χ1n) is 10.6. The monoisotopic (exact) mass is 384 g/mol. The van der Waals surface area contributed by atoms with Gasteiger partial charge in [0.25, 0.3) is 0 Å². The second-order valence-corrected chi connectivity index (χ2v) is 9.37. The van der Waals surface area contributed by atoms with E-state index in [0.717, 1.165) is 45.4 Å². The minimum atomic E-state index is -0.568. The SMILES string of the molecule is CCC1(CC)COC(CCn2ccnc2)(Cc2ccc(C(C)(C)C)cc2)OC1. The quantitative estimate of drug-likeness (QED) is 0.644. The van der Waals surface area contributed by atoms with E-state index in [1.165, 1.54) is 11.1 Å². The topological polar surface area (TPSA) is 36.3 Å². The van der Waals surface area contributed by atoms with Crippen molar-refractivity contribution in [2.24, 2.45) is 5.41 Å². The molecule has 1 fully saturated rings. The second kappa shape index (κ2) is 8.38. The molecule has 28 heavy (non-hydrogen) atoms. The number of hydrogen-bond acceptors (Lipinski definition) is 3. The van der Waals surface area contributed by atoms with Crippen LogP contribution in [0.5, 0.6) is 0 Å². The van der Waals surface area contributed by atoms with Gasteiger partial charge in [0.1, 0.15) is 0 Å². The summed E-state index contributed by atoms with van der Waals surface area (Å²) in [6.07, 6.45) is 9.43. The van der Waals surface area contributed by atoms with Gasteiger partial charge in [0.15, 0.2) is 5.79 Å². The Morgan fingerprint density at radius 1 is 1.04 bits per heavy atom. The highest BCUT2D eigenvalue weighted by Gasteiger charge is 2.43. The standard InChI is InChI=1S/C24H36N2O2/c1-6-23(7-2)17-27-24(28-18-23,12-14-26-15-13-25-19-26)16-20-8-10-21(11-9-20)22(3,4)5/h8-11,13,15,19H,6-7,12,14,16-18H2,1-5H3. The minimum absolute atomic E-state index is 0.147. The number of aryl methyl sites for hydroxylation is 1. The molecule has 4 nitrogen and oxygen atoms in total. The van der Waals surface area contributed by atoms with Crippen molar-refractivity contribution >= 4 is 0 Å². The largest absolute Gasteiger partial charge is 0.349 e. The molecule has 1 saturated heterocycles. The molecule has 1 aliphatic heterocycles. The third-order valence-corrected chi connectivity index (χ3v) is 6.39. The molecular weight excluding hydrogens is 348 g/mol. The van der Waals surface area contributed by atoms with Gasteiger partial charge in [-0.3, -0.25) is 0 Å². The first-order valence-corrected chi connectivity index (χ1v) is 10.6. The van der Waals surface area contributed by atoms with Crippen LogP contribution in [0.4, 0.5) is 0 Å². The first-order chi connectivity index (χ1) is 13.3. The molecule has 0 unspecified atom stereocenters. The van der Waals surface area contributed by atoms with Crippen molar-refractivity contribution in [2.45, 2.75) is 78.0 Å². The number of nitrogens with zero attached hydrogens (tertiary/aromatic N) is 2. The van der Waals surface area contributed by atoms with Crippen molar-refractivity contribution in [3.8, 4) is 0 Å². The van der Waals surface area contributed by atoms with Gasteiger partial charge in [0, 0.05) is 37.2 Å². The lowest BCUT2D eigenvalue weighted by atomic mass is 9.82. The van der Waals surface area contributed by atoms with E-state index in [0.29, 0.717) is 0 Å². The molecule has 0 saturated carbocycles. The summed E-state index contributed by atoms with van der Waals surface area (Å²) in [7, 11) is 0. The molecule has 1 aliphatic rings. The average Bonchev–Trinajstić information content (AvgIpc) is 3.21. The van der Waals surface area contributed by atoms with E-state index in [2.05, 4.69) is 68.4 Å². The summed E-state index contributed by atoms with van der Waals surface area (Å²) < 4.78 is 15.1. The Bertz CT molecular complexity index is 715. The summed E-state index contributed by atoms with van der Waals surface area (Å²) in [4.78, 5) is 4.16. The predicted octanol–water partition coefficient (Wildman–Crippen LogP) is 5.36. The van der Waals surface area contributed by atoms with E-state index >= 15 is 0 Å². The number of aromatic nitrogens is 2. The summed E-state index contributed by atoms with van der Waals surface area (Å²) in [5.74, 6) is -0.568. The second-order valence-electron chi connectivity index (χ2n) is 9.37. The number of rotatable bonds is 7. The molecule has 2 aromatic rings. The van der Waals surface area contributed by atoms with Crippen LogP contribution in [0.15, 0.2) is 43.0 Å². The third kappa shape index (κ3) is 4.84. The van der Waals surface area contributed by atoms with Gasteiger partial charge in [-0.2, -0.15) is 0 Å². The van der Waals surface area contributed by atoms with Crippen molar-refractivity contribution in [2.75, 3.05) is 13.2 Å². The number of imidazole rings is 1. The summed E-state index contributed by atoms with van der Waals surface area (Å²) in [6, 6.07) is 8.94. The summed E-state index contributed by atoms with van der Waals surface area (Å²) >= 11 is 0. The Kier molecular flexibility index (Phi) is 6.31. The van der Waals surface area contributed by atoms with Crippen LogP contribution < -0.4 is 0 Å². The molecule has 154 valence electrons. The van der Waals surface area contributed by atoms with Crippen LogP contribution in [0, 0.1) is 5.41 Å². The van der Waals surface area contributed by atoms with Crippen LogP contribution in [-0.4, -0.2) is 28.6 Å². The first kappa shape index (κ1) is 21.1. The van der Waals surface area contributed by atoms with Gasteiger partial charge in [0.05, 0.1) is 19.5 Å². The van der Waals surface area contributed by atoms with Crippen molar-refractivity contribution in [3.05, 3.63) is 54.1 Å². The van der Waals surface area contributed by atoms with E-state index in [4.69, 9.17) is 9.47 Å². The number of ether oxygens (including phenoxy) is 2. The van der Waals surface area contributed by atoms with Crippen LogP contribution in [0.2, 0.25) is 0 Å². The van der Waals surface area contributed by atoms with E-state index in [1.807, 2.05) is 18.7 Å². The minimum Gasteiger partial charge on any atom is -0.349 e. The Labute approximate surface area is 170 Å². The lowest BCUT2D eigenvalue weighted by molar-refractivity contribution is -0.308. The van der Waals surface area contributed by atoms with Gasteiger partial charge in [-0.05, 0) is 29.4 Å². The molecule has 2 heterocycles. The van der Waals surface area contributed by atoms with Crippen molar-refractivity contribution in [1.29, 1.82) is 0 Å². The Morgan fingerprint density at radius 3 is 2.18 bits per heavy atom. The fraction of sp³-hybridized carbons (Fsp3) is 0.625. The molecule has 3 rings (SSSR count). The van der Waals surface area contributed by atoms with Crippen molar-refractivity contribution < 1.29 is 9.47 Å². The van der Waals surface area contributed by atoms with E-state index < -0.39 is 5.79 Å². The van der Waals surface area contributed by atoms with Crippen LogP contribution >= 0.6 is 0 Å². The Morgan fingerprint density at radius 2 is 1.68 bits per heavy atom. The fourth-order valence-corrected chi connectivity index (χ4v) is 3.80. The lowest BCUT2D eigenvalue weighted by Crippen LogP contribution is -2.51. The molecule has 0 spiro atoms. The van der Waals surface area contributed by atoms with Gasteiger partial charge < -0.3 is 14.0 Å². The summed E-state index contributed by atoms with van der Waals surface area (Å²) in [6.45, 7) is 13.6. The molecular formula is C24H36N2O2. The molecule has 4 heteroatoms. The number of benzene rings is 1. The molecule has 1 aromatic carbocycles. The van der Waals surface area contributed by atoms with E-state index in [-0.39, 0.29) is 10.8 Å². The zero-order valence-electron chi connectivity index (χ0n) is 18.2. The lowest BCUT2D eigenvalue weighted by Gasteiger charge is -2.46. The molecule has 0 N–H and O–H groups in total. The maximum absolute atomic E-state index is 6.51. The Hall–Kier alpha value is -1.65. The van der Waals surface area contributed by atoms with Crippen molar-refractivity contribution in [3.63, 3.8) is 0 Å². The average molecular weight is 385 g/mol. The molecule has 0 amide bonds. The van der Waals surface area contributed by atoms with Gasteiger partial charge >= 0.3 is 0 Å². The molecule has 1 aromatic heterocycles. The predicted molar refractivity (Wildman–Crippen MR) is 113 cm³/mol. The highest BCUT2D eigenvalue weighted by Crippen LogP contribution is 2.39. The van der Waals surface area contributed by atoms with Crippen LogP contribution in [0.3, 0.4) is 0 Å². The molecule has 0 radical (unpaired) electrons. The van der Waals surface area contributed by atoms with Gasteiger partial charge in [-0.15, -0.1) is 0 Å². The highest BCUT2D eigenvalue weighted by atomic mass is 16.7. The maximum Gasteiger partial charge on any atom is 0.174 e. The normalized spacial score (nSPS) is 18.9. The Balaban J connectivity index is 1.76. The highest BCUT2D eigenvalue weighted by molar-refractivity contribution is 5.28. The molecule has 0 atom stereocenters. The maximum atomic E-state index is 6.51. The smallest absolute Gasteiger partial charge is 0.174 e. The molecule has 0 aliphatic carbocycles. The summed E-state index contributed by atoms with van der Waals surface area (Å²) in [5, 5.41) is 0.